The second kappa shape index (κ2) is 13.3. The third-order valence-corrected chi connectivity index (χ3v) is 7.23. The first kappa shape index (κ1) is 27.5. The zero-order valence-corrected chi connectivity index (χ0v) is 22.3. The Labute approximate surface area is 219 Å². The van der Waals surface area contributed by atoms with E-state index in [0.717, 1.165) is 62.9 Å². The molecule has 10 heteroatoms. The number of rotatable bonds is 11. The molecule has 0 radical (unpaired) electrons. The predicted octanol–water partition coefficient (Wildman–Crippen LogP) is 2.20. The third kappa shape index (κ3) is 7.28. The van der Waals surface area contributed by atoms with Gasteiger partial charge < -0.3 is 29.7 Å². The van der Waals surface area contributed by atoms with Gasteiger partial charge in [0.25, 0.3) is 0 Å². The van der Waals surface area contributed by atoms with Crippen molar-refractivity contribution in [1.82, 2.24) is 20.2 Å². The number of likely N-dealkylation sites (N-methyl/N-ethyl adjacent to an activating group) is 1. The van der Waals surface area contributed by atoms with Crippen molar-refractivity contribution in [2.45, 2.75) is 38.0 Å². The highest BCUT2D eigenvalue weighted by molar-refractivity contribution is 5.64. The van der Waals surface area contributed by atoms with Gasteiger partial charge in [0.1, 0.15) is 36.8 Å². The van der Waals surface area contributed by atoms with E-state index in [1.54, 1.807) is 7.05 Å². The van der Waals surface area contributed by atoms with E-state index in [4.69, 9.17) is 19.4 Å². The van der Waals surface area contributed by atoms with Crippen molar-refractivity contribution in [2.75, 3.05) is 83.1 Å². The maximum atomic E-state index is 13.0. The lowest BCUT2D eigenvalue weighted by Crippen LogP contribution is -2.52. The summed E-state index contributed by atoms with van der Waals surface area (Å²) in [5.41, 5.74) is 0.855. The second-order valence-electron chi connectivity index (χ2n) is 9.93. The average molecular weight is 517 g/mol. The van der Waals surface area contributed by atoms with Crippen LogP contribution >= 0.6 is 0 Å². The SMILES string of the molecule is CNCC(O)COc1cccc(-c2nc(N3CCN(CCF)[C@@H](C)C3)cc(N(C)C3CCOCC3)n2)c1. The number of hydrogen-bond acceptors (Lipinski definition) is 9. The Morgan fingerprint density at radius 2 is 2.05 bits per heavy atom. The molecule has 4 rings (SSSR count). The van der Waals surface area contributed by atoms with Crippen LogP contribution in [-0.4, -0.2) is 111 Å². The van der Waals surface area contributed by atoms with E-state index in [0.29, 0.717) is 30.7 Å². The molecule has 2 fully saturated rings. The molecule has 37 heavy (non-hydrogen) atoms. The Kier molecular flexibility index (Phi) is 9.90. The van der Waals surface area contributed by atoms with Gasteiger partial charge in [-0.3, -0.25) is 4.90 Å². The van der Waals surface area contributed by atoms with Crippen LogP contribution < -0.4 is 19.9 Å². The quantitative estimate of drug-likeness (QED) is 0.467. The Bertz CT molecular complexity index is 992. The van der Waals surface area contributed by atoms with Crippen molar-refractivity contribution in [3.63, 3.8) is 0 Å². The normalized spacial score (nSPS) is 20.1. The molecule has 1 unspecified atom stereocenters. The van der Waals surface area contributed by atoms with Crippen LogP contribution in [0.4, 0.5) is 16.0 Å². The zero-order chi connectivity index (χ0) is 26.2. The molecule has 0 aliphatic carbocycles. The van der Waals surface area contributed by atoms with Crippen molar-refractivity contribution >= 4 is 11.6 Å². The number of aliphatic hydroxyl groups is 1. The third-order valence-electron chi connectivity index (χ3n) is 7.23. The Morgan fingerprint density at radius 3 is 2.78 bits per heavy atom. The predicted molar refractivity (Wildman–Crippen MR) is 144 cm³/mol. The molecule has 9 nitrogen and oxygen atoms in total. The van der Waals surface area contributed by atoms with Gasteiger partial charge in [0.2, 0.25) is 0 Å². The minimum Gasteiger partial charge on any atom is -0.491 e. The molecule has 2 N–H and O–H groups in total. The molecule has 2 atom stereocenters. The number of nitrogens with zero attached hydrogens (tertiary/aromatic N) is 5. The summed E-state index contributed by atoms with van der Waals surface area (Å²) in [4.78, 5) is 16.7. The summed E-state index contributed by atoms with van der Waals surface area (Å²) in [6.45, 7) is 6.82. The lowest BCUT2D eigenvalue weighted by Gasteiger charge is -2.40. The maximum Gasteiger partial charge on any atom is 0.163 e. The van der Waals surface area contributed by atoms with Gasteiger partial charge in [-0.05, 0) is 38.9 Å². The smallest absolute Gasteiger partial charge is 0.163 e. The van der Waals surface area contributed by atoms with E-state index in [9.17, 15) is 9.50 Å². The summed E-state index contributed by atoms with van der Waals surface area (Å²) in [6, 6.07) is 10.4. The number of ether oxygens (including phenoxy) is 2. The summed E-state index contributed by atoms with van der Waals surface area (Å²) in [7, 11) is 3.89. The maximum absolute atomic E-state index is 13.0. The molecular weight excluding hydrogens is 475 g/mol. The molecule has 0 saturated carbocycles. The van der Waals surface area contributed by atoms with Gasteiger partial charge in [-0.25, -0.2) is 14.4 Å². The molecule has 0 spiro atoms. The minimum atomic E-state index is -0.592. The van der Waals surface area contributed by atoms with Crippen molar-refractivity contribution in [2.24, 2.45) is 0 Å². The lowest BCUT2D eigenvalue weighted by atomic mass is 10.1. The lowest BCUT2D eigenvalue weighted by molar-refractivity contribution is 0.0853. The number of alkyl halides is 1. The molecule has 0 bridgehead atoms. The summed E-state index contributed by atoms with van der Waals surface area (Å²) in [5.74, 6) is 3.05. The number of nitrogens with one attached hydrogen (secondary N) is 1. The molecule has 1 aromatic carbocycles. The van der Waals surface area contributed by atoms with E-state index in [-0.39, 0.29) is 19.3 Å². The van der Waals surface area contributed by atoms with Crippen molar-refractivity contribution in [1.29, 1.82) is 0 Å². The van der Waals surface area contributed by atoms with Crippen molar-refractivity contribution in [3.05, 3.63) is 30.3 Å². The largest absolute Gasteiger partial charge is 0.491 e. The van der Waals surface area contributed by atoms with Crippen LogP contribution in [0.2, 0.25) is 0 Å². The van der Waals surface area contributed by atoms with Gasteiger partial charge in [0.05, 0.1) is 0 Å². The Hall–Kier alpha value is -2.53. The number of hydrogen-bond donors (Lipinski definition) is 2. The van der Waals surface area contributed by atoms with Gasteiger partial charge in [-0.1, -0.05) is 12.1 Å². The van der Waals surface area contributed by atoms with Crippen molar-refractivity contribution in [3.8, 4) is 17.1 Å². The molecule has 2 aromatic rings. The van der Waals surface area contributed by atoms with Crippen LogP contribution in [0.3, 0.4) is 0 Å². The minimum absolute atomic E-state index is 0.198. The Morgan fingerprint density at radius 1 is 1.24 bits per heavy atom. The van der Waals surface area contributed by atoms with Gasteiger partial charge in [0, 0.05) is 76.7 Å². The highest BCUT2D eigenvalue weighted by Gasteiger charge is 2.27. The van der Waals surface area contributed by atoms with E-state index in [1.807, 2.05) is 24.3 Å². The zero-order valence-electron chi connectivity index (χ0n) is 22.3. The molecular formula is C27H41FN6O3. The molecule has 2 aliphatic rings. The first-order valence-electron chi connectivity index (χ1n) is 13.3. The van der Waals surface area contributed by atoms with E-state index >= 15 is 0 Å². The van der Waals surface area contributed by atoms with E-state index < -0.39 is 6.10 Å². The fourth-order valence-electron chi connectivity index (χ4n) is 5.01. The number of aromatic nitrogens is 2. The summed E-state index contributed by atoms with van der Waals surface area (Å²) < 4.78 is 24.4. The van der Waals surface area contributed by atoms with Crippen LogP contribution in [0.15, 0.2) is 30.3 Å². The van der Waals surface area contributed by atoms with Gasteiger partial charge >= 0.3 is 0 Å². The van der Waals surface area contributed by atoms with Crippen LogP contribution in [0.5, 0.6) is 5.75 Å². The standard InChI is InChI=1S/C27H41FN6O3/c1-20-18-34(12-11-33(20)10-9-28)26-16-25(32(3)22-7-13-36-14-8-22)30-27(31-26)21-5-4-6-24(15-21)37-19-23(35)17-29-2/h4-6,15-16,20,22-23,29,35H,7-14,17-19H2,1-3H3/t20-,23?/m0/s1. The summed E-state index contributed by atoms with van der Waals surface area (Å²) in [6.07, 6.45) is 1.33. The molecule has 1 aromatic heterocycles. The molecule has 2 aliphatic heterocycles. The number of halogens is 1. The van der Waals surface area contributed by atoms with Gasteiger partial charge in [0.15, 0.2) is 5.82 Å². The Balaban J connectivity index is 1.62. The fraction of sp³-hybridized carbons (Fsp3) is 0.630. The van der Waals surface area contributed by atoms with Crippen LogP contribution in [0.1, 0.15) is 19.8 Å². The molecule has 3 heterocycles. The van der Waals surface area contributed by atoms with E-state index in [1.165, 1.54) is 0 Å². The van der Waals surface area contributed by atoms with Crippen LogP contribution in [0, 0.1) is 0 Å². The van der Waals surface area contributed by atoms with Crippen LogP contribution in [0.25, 0.3) is 11.4 Å². The number of anilines is 2. The summed E-state index contributed by atoms with van der Waals surface area (Å²) in [5, 5.41) is 13.0. The molecule has 2 saturated heterocycles. The van der Waals surface area contributed by atoms with Crippen molar-refractivity contribution < 1.29 is 19.0 Å². The topological polar surface area (TPSA) is 86.2 Å². The van der Waals surface area contributed by atoms with Gasteiger partial charge in [-0.2, -0.15) is 0 Å². The first-order valence-corrected chi connectivity index (χ1v) is 13.3. The second-order valence-corrected chi connectivity index (χ2v) is 9.93. The molecule has 0 amide bonds. The van der Waals surface area contributed by atoms with E-state index in [2.05, 4.69) is 40.1 Å². The number of aliphatic hydroxyl groups excluding tert-OH is 1. The van der Waals surface area contributed by atoms with Crippen LogP contribution in [-0.2, 0) is 4.74 Å². The highest BCUT2D eigenvalue weighted by atomic mass is 19.1. The highest BCUT2D eigenvalue weighted by Crippen LogP contribution is 2.29. The van der Waals surface area contributed by atoms with Gasteiger partial charge in [-0.15, -0.1) is 0 Å². The average Bonchev–Trinajstić information content (AvgIpc) is 2.93. The number of piperazine rings is 1. The fourth-order valence-corrected chi connectivity index (χ4v) is 5.01. The number of benzene rings is 1. The summed E-state index contributed by atoms with van der Waals surface area (Å²) >= 11 is 0. The first-order chi connectivity index (χ1) is 18.0. The molecule has 204 valence electrons. The monoisotopic (exact) mass is 516 g/mol.